The van der Waals surface area contributed by atoms with Gasteiger partial charge in [0.05, 0.1) is 6.54 Å². The highest BCUT2D eigenvalue weighted by molar-refractivity contribution is 7.19. The zero-order chi connectivity index (χ0) is 15.4. The lowest BCUT2D eigenvalue weighted by Crippen LogP contribution is -2.20. The van der Waals surface area contributed by atoms with Crippen molar-refractivity contribution in [1.82, 2.24) is 5.32 Å². The Balaban J connectivity index is 1.86. The number of nitrogens with zero attached hydrogens (tertiary/aromatic N) is 1. The highest BCUT2D eigenvalue weighted by atomic mass is 35.5. The van der Waals surface area contributed by atoms with Crippen LogP contribution in [0, 0.1) is 0 Å². The molecule has 0 bridgehead atoms. The van der Waals surface area contributed by atoms with Gasteiger partial charge in [-0.1, -0.05) is 44.2 Å². The van der Waals surface area contributed by atoms with E-state index in [0.29, 0.717) is 0 Å². The number of benzene rings is 1. The summed E-state index contributed by atoms with van der Waals surface area (Å²) in [7, 11) is 0. The fourth-order valence-corrected chi connectivity index (χ4v) is 4.41. The van der Waals surface area contributed by atoms with Crippen molar-refractivity contribution in [3.05, 3.63) is 33.7 Å². The minimum atomic E-state index is 0.805. The minimum absolute atomic E-state index is 0.805. The first-order chi connectivity index (χ1) is 10.8. The standard InChI is InChI=1S/C18H23ClN2S/c1-2-3-4-5-6-7-16-17(18-20-10-11-21-18)14-12-13(19)8-9-15(14)22-16/h8-9,12H,2-7,10-11H2,1H3,(H,20,21). The molecule has 1 N–H and O–H groups in total. The van der Waals surface area contributed by atoms with Crippen LogP contribution in [0.2, 0.25) is 5.02 Å². The van der Waals surface area contributed by atoms with Gasteiger partial charge in [-0.25, -0.2) is 0 Å². The Bertz CT molecular complexity index is 675. The van der Waals surface area contributed by atoms with Crippen LogP contribution in [-0.4, -0.2) is 18.9 Å². The normalized spacial score (nSPS) is 14.4. The monoisotopic (exact) mass is 334 g/mol. The van der Waals surface area contributed by atoms with E-state index in [1.165, 1.54) is 52.6 Å². The molecule has 22 heavy (non-hydrogen) atoms. The topological polar surface area (TPSA) is 24.4 Å². The van der Waals surface area contributed by atoms with Crippen molar-refractivity contribution in [2.45, 2.75) is 45.4 Å². The van der Waals surface area contributed by atoms with Crippen molar-refractivity contribution in [3.63, 3.8) is 0 Å². The Kier molecular flexibility index (Phi) is 5.37. The van der Waals surface area contributed by atoms with Crippen LogP contribution < -0.4 is 5.32 Å². The fourth-order valence-electron chi connectivity index (χ4n) is 3.01. The fraction of sp³-hybridized carbons (Fsp3) is 0.500. The van der Waals surface area contributed by atoms with E-state index in [-0.39, 0.29) is 0 Å². The molecule has 118 valence electrons. The third kappa shape index (κ3) is 3.47. The van der Waals surface area contributed by atoms with Gasteiger partial charge in [0.1, 0.15) is 5.84 Å². The summed E-state index contributed by atoms with van der Waals surface area (Å²) >= 11 is 8.12. The smallest absolute Gasteiger partial charge is 0.130 e. The zero-order valence-corrected chi connectivity index (χ0v) is 14.7. The Hall–Kier alpha value is -1.06. The van der Waals surface area contributed by atoms with Crippen molar-refractivity contribution in [1.29, 1.82) is 0 Å². The molecule has 1 aliphatic heterocycles. The molecule has 2 aromatic rings. The summed E-state index contributed by atoms with van der Waals surface area (Å²) in [4.78, 5) is 6.11. The average molecular weight is 335 g/mol. The molecular weight excluding hydrogens is 312 g/mol. The van der Waals surface area contributed by atoms with E-state index in [1.54, 1.807) is 0 Å². The molecule has 2 heterocycles. The first-order valence-corrected chi connectivity index (χ1v) is 9.48. The van der Waals surface area contributed by atoms with Gasteiger partial charge in [0.15, 0.2) is 0 Å². The van der Waals surface area contributed by atoms with Crippen molar-refractivity contribution >= 4 is 38.9 Å². The third-order valence-electron chi connectivity index (χ3n) is 4.14. The van der Waals surface area contributed by atoms with Crippen LogP contribution in [0.4, 0.5) is 0 Å². The number of halogens is 1. The molecule has 0 saturated heterocycles. The van der Waals surface area contributed by atoms with Gasteiger partial charge in [0, 0.05) is 32.1 Å². The van der Waals surface area contributed by atoms with E-state index < -0.39 is 0 Å². The number of thiophene rings is 1. The molecule has 0 aliphatic carbocycles. The molecule has 3 rings (SSSR count). The lowest BCUT2D eigenvalue weighted by atomic mass is 10.0. The van der Waals surface area contributed by atoms with Crippen LogP contribution >= 0.6 is 22.9 Å². The average Bonchev–Trinajstić information content (AvgIpc) is 3.13. The van der Waals surface area contributed by atoms with Crippen LogP contribution in [0.5, 0.6) is 0 Å². The predicted molar refractivity (Wildman–Crippen MR) is 98.7 cm³/mol. The SMILES string of the molecule is CCCCCCCc1sc2ccc(Cl)cc2c1C1=NCCN1. The summed E-state index contributed by atoms with van der Waals surface area (Å²) in [6, 6.07) is 6.22. The van der Waals surface area contributed by atoms with Crippen molar-refractivity contribution in [2.75, 3.05) is 13.1 Å². The minimum Gasteiger partial charge on any atom is -0.368 e. The molecule has 0 atom stereocenters. The summed E-state index contributed by atoms with van der Waals surface area (Å²) < 4.78 is 1.32. The maximum absolute atomic E-state index is 6.21. The summed E-state index contributed by atoms with van der Waals surface area (Å²) in [5, 5.41) is 5.50. The van der Waals surface area contributed by atoms with Crippen LogP contribution in [0.1, 0.15) is 49.5 Å². The van der Waals surface area contributed by atoms with Gasteiger partial charge in [-0.05, 0) is 31.0 Å². The molecule has 1 aromatic carbocycles. The van der Waals surface area contributed by atoms with Crippen molar-refractivity contribution in [3.8, 4) is 0 Å². The van der Waals surface area contributed by atoms with Crippen LogP contribution in [-0.2, 0) is 6.42 Å². The maximum Gasteiger partial charge on any atom is 0.130 e. The van der Waals surface area contributed by atoms with E-state index in [1.807, 2.05) is 17.4 Å². The second-order valence-corrected chi connectivity index (χ2v) is 7.44. The zero-order valence-electron chi connectivity index (χ0n) is 13.1. The van der Waals surface area contributed by atoms with Crippen LogP contribution in [0.25, 0.3) is 10.1 Å². The second kappa shape index (κ2) is 7.47. The lowest BCUT2D eigenvalue weighted by Gasteiger charge is -2.06. The van der Waals surface area contributed by atoms with Gasteiger partial charge in [0.25, 0.3) is 0 Å². The number of nitrogens with one attached hydrogen (secondary N) is 1. The quantitative estimate of drug-likeness (QED) is 0.672. The molecule has 2 nitrogen and oxygen atoms in total. The van der Waals surface area contributed by atoms with Gasteiger partial charge in [-0.3, -0.25) is 4.99 Å². The number of hydrogen-bond acceptors (Lipinski definition) is 3. The number of hydrogen-bond donors (Lipinski definition) is 1. The van der Waals surface area contributed by atoms with E-state index in [2.05, 4.69) is 29.4 Å². The van der Waals surface area contributed by atoms with Crippen LogP contribution in [0.15, 0.2) is 23.2 Å². The van der Waals surface area contributed by atoms with Gasteiger partial charge in [-0.15, -0.1) is 11.3 Å². The van der Waals surface area contributed by atoms with E-state index in [4.69, 9.17) is 11.6 Å². The first kappa shape index (κ1) is 15.8. The Morgan fingerprint density at radius 2 is 2.09 bits per heavy atom. The van der Waals surface area contributed by atoms with E-state index in [0.717, 1.165) is 30.4 Å². The van der Waals surface area contributed by atoms with E-state index >= 15 is 0 Å². The molecular formula is C18H23ClN2S. The molecule has 0 amide bonds. The number of aliphatic imine (C=N–C) groups is 1. The highest BCUT2D eigenvalue weighted by Gasteiger charge is 2.19. The molecule has 1 aliphatic rings. The molecule has 4 heteroatoms. The van der Waals surface area contributed by atoms with Gasteiger partial charge in [0.2, 0.25) is 0 Å². The lowest BCUT2D eigenvalue weighted by molar-refractivity contribution is 0.634. The Morgan fingerprint density at radius 3 is 2.86 bits per heavy atom. The summed E-state index contributed by atoms with van der Waals surface area (Å²) in [5.74, 6) is 1.07. The summed E-state index contributed by atoms with van der Waals surface area (Å²) in [6.45, 7) is 4.09. The first-order valence-electron chi connectivity index (χ1n) is 8.29. The third-order valence-corrected chi connectivity index (χ3v) is 5.61. The molecule has 0 fully saturated rings. The maximum atomic E-state index is 6.21. The summed E-state index contributed by atoms with van der Waals surface area (Å²) in [6.07, 6.45) is 7.73. The van der Waals surface area contributed by atoms with E-state index in [9.17, 15) is 0 Å². The van der Waals surface area contributed by atoms with Gasteiger partial charge in [-0.2, -0.15) is 0 Å². The van der Waals surface area contributed by atoms with Crippen molar-refractivity contribution in [2.24, 2.45) is 4.99 Å². The molecule has 0 unspecified atom stereocenters. The predicted octanol–water partition coefficient (Wildman–Crippen LogP) is 5.42. The number of fused-ring (bicyclic) bond motifs is 1. The molecule has 0 saturated carbocycles. The molecule has 0 radical (unpaired) electrons. The van der Waals surface area contributed by atoms with Gasteiger partial charge >= 0.3 is 0 Å². The largest absolute Gasteiger partial charge is 0.368 e. The Labute approximate surface area is 141 Å². The number of aryl methyl sites for hydroxylation is 1. The highest BCUT2D eigenvalue weighted by Crippen LogP contribution is 2.35. The number of unbranched alkanes of at least 4 members (excludes halogenated alkanes) is 4. The number of rotatable bonds is 7. The molecule has 1 aromatic heterocycles. The number of amidine groups is 1. The second-order valence-electron chi connectivity index (χ2n) is 5.86. The van der Waals surface area contributed by atoms with Gasteiger partial charge < -0.3 is 5.32 Å². The molecule has 0 spiro atoms. The van der Waals surface area contributed by atoms with Crippen molar-refractivity contribution < 1.29 is 0 Å². The summed E-state index contributed by atoms with van der Waals surface area (Å²) in [5.41, 5.74) is 1.30. The van der Waals surface area contributed by atoms with Crippen LogP contribution in [0.3, 0.4) is 0 Å². The Morgan fingerprint density at radius 1 is 1.23 bits per heavy atom.